The molecule has 1 aromatic carbocycles. The molecule has 0 radical (unpaired) electrons. The third-order valence-electron chi connectivity index (χ3n) is 7.25. The van der Waals surface area contributed by atoms with E-state index in [1.165, 1.54) is 4.90 Å². The molecular weight excluding hydrogens is 416 g/mol. The van der Waals surface area contributed by atoms with E-state index >= 15 is 0 Å². The van der Waals surface area contributed by atoms with Crippen molar-refractivity contribution >= 4 is 29.3 Å². The summed E-state index contributed by atoms with van der Waals surface area (Å²) in [6.07, 6.45) is 5.51. The lowest BCUT2D eigenvalue weighted by atomic mass is 9.75. The predicted molar refractivity (Wildman–Crippen MR) is 118 cm³/mol. The molecule has 2 heterocycles. The van der Waals surface area contributed by atoms with E-state index < -0.39 is 5.41 Å². The number of imide groups is 1. The fourth-order valence-electron chi connectivity index (χ4n) is 5.54. The second-order valence-electron chi connectivity index (χ2n) is 9.20. The summed E-state index contributed by atoms with van der Waals surface area (Å²) in [7, 11) is 1.70. The minimum Gasteiger partial charge on any atom is -0.384 e. The largest absolute Gasteiger partial charge is 0.384 e. The highest BCUT2D eigenvalue weighted by Gasteiger charge is 2.56. The van der Waals surface area contributed by atoms with Gasteiger partial charge in [0, 0.05) is 50.7 Å². The van der Waals surface area contributed by atoms with Crippen LogP contribution in [0.3, 0.4) is 0 Å². The molecule has 168 valence electrons. The van der Waals surface area contributed by atoms with E-state index in [4.69, 9.17) is 16.3 Å². The highest BCUT2D eigenvalue weighted by molar-refractivity contribution is 6.32. The highest BCUT2D eigenvalue weighted by Crippen LogP contribution is 2.45. The van der Waals surface area contributed by atoms with Gasteiger partial charge in [-0.15, -0.1) is 0 Å². The molecule has 1 aromatic rings. The maximum atomic E-state index is 13.8. The fraction of sp³-hybridized carbons (Fsp3) is 0.625. The second-order valence-corrected chi connectivity index (χ2v) is 9.61. The van der Waals surface area contributed by atoms with E-state index in [0.29, 0.717) is 36.2 Å². The Bertz CT molecular complexity index is 846. The maximum absolute atomic E-state index is 13.8. The van der Waals surface area contributed by atoms with Gasteiger partial charge in [0.25, 0.3) is 0 Å². The fourth-order valence-corrected chi connectivity index (χ4v) is 5.86. The Morgan fingerprint density at radius 3 is 2.45 bits per heavy atom. The van der Waals surface area contributed by atoms with Crippen molar-refractivity contribution in [2.75, 3.05) is 26.8 Å². The van der Waals surface area contributed by atoms with Gasteiger partial charge in [0.15, 0.2) is 0 Å². The number of hydrogen-bond donors (Lipinski definition) is 0. The van der Waals surface area contributed by atoms with Crippen LogP contribution in [0.2, 0.25) is 5.02 Å². The van der Waals surface area contributed by atoms with Gasteiger partial charge in [0.2, 0.25) is 17.7 Å². The molecule has 31 heavy (non-hydrogen) atoms. The topological polar surface area (TPSA) is 66.9 Å². The van der Waals surface area contributed by atoms with Gasteiger partial charge in [-0.25, -0.2) is 0 Å². The van der Waals surface area contributed by atoms with Gasteiger partial charge in [-0.1, -0.05) is 42.6 Å². The van der Waals surface area contributed by atoms with Crippen LogP contribution in [0.4, 0.5) is 0 Å². The molecule has 0 spiro atoms. The van der Waals surface area contributed by atoms with Gasteiger partial charge in [-0.2, -0.15) is 0 Å². The van der Waals surface area contributed by atoms with Crippen molar-refractivity contribution in [3.63, 3.8) is 0 Å². The first-order valence-corrected chi connectivity index (χ1v) is 11.7. The van der Waals surface area contributed by atoms with Gasteiger partial charge in [-0.3, -0.25) is 19.3 Å². The van der Waals surface area contributed by atoms with Crippen molar-refractivity contribution in [1.82, 2.24) is 9.80 Å². The molecule has 0 N–H and O–H groups in total. The molecule has 3 aliphatic rings. The number of hydrogen-bond acceptors (Lipinski definition) is 4. The first kappa shape index (κ1) is 22.3. The van der Waals surface area contributed by atoms with Crippen molar-refractivity contribution < 1.29 is 19.1 Å². The Morgan fingerprint density at radius 1 is 1.13 bits per heavy atom. The molecule has 0 aromatic heterocycles. The number of carbonyl (C=O) groups excluding carboxylic acids is 3. The molecule has 1 unspecified atom stereocenters. The van der Waals surface area contributed by atoms with Crippen LogP contribution in [-0.2, 0) is 24.5 Å². The third kappa shape index (κ3) is 4.24. The lowest BCUT2D eigenvalue weighted by molar-refractivity contribution is -0.145. The molecule has 3 fully saturated rings. The standard InChI is InChI=1S/C24H31ClN2O4/c1-31-16-17-10-12-26(13-11-17)21(28)14-24(19-8-4-5-9-20(19)25)15-22(29)27(23(24)30)18-6-2-3-7-18/h4-5,8-9,17-18H,2-3,6-7,10-16H2,1H3. The van der Waals surface area contributed by atoms with E-state index in [9.17, 15) is 14.4 Å². The van der Waals surface area contributed by atoms with Crippen LogP contribution in [0.1, 0.15) is 56.9 Å². The molecule has 1 atom stereocenters. The van der Waals surface area contributed by atoms with Gasteiger partial charge in [-0.05, 0) is 43.2 Å². The lowest BCUT2D eigenvalue weighted by Crippen LogP contribution is -2.47. The van der Waals surface area contributed by atoms with E-state index in [2.05, 4.69) is 0 Å². The van der Waals surface area contributed by atoms with Crippen molar-refractivity contribution in [1.29, 1.82) is 0 Å². The summed E-state index contributed by atoms with van der Waals surface area (Å²) in [5.41, 5.74) is -0.614. The monoisotopic (exact) mass is 446 g/mol. The number of amides is 3. The molecular formula is C24H31ClN2O4. The Balaban J connectivity index is 1.60. The van der Waals surface area contributed by atoms with Crippen molar-refractivity contribution in [2.45, 2.75) is 62.8 Å². The average Bonchev–Trinajstić information content (AvgIpc) is 3.36. The van der Waals surface area contributed by atoms with Crippen molar-refractivity contribution in [2.24, 2.45) is 5.92 Å². The minimum atomic E-state index is -1.21. The third-order valence-corrected chi connectivity index (χ3v) is 7.58. The number of ether oxygens (including phenoxy) is 1. The van der Waals surface area contributed by atoms with Crippen LogP contribution in [0.15, 0.2) is 24.3 Å². The Morgan fingerprint density at radius 2 is 1.81 bits per heavy atom. The van der Waals surface area contributed by atoms with Gasteiger partial charge in [0.05, 0.1) is 5.41 Å². The number of nitrogens with zero attached hydrogens (tertiary/aromatic N) is 2. The summed E-state index contributed by atoms with van der Waals surface area (Å²) < 4.78 is 5.25. The zero-order chi connectivity index (χ0) is 22.0. The van der Waals surface area contributed by atoms with E-state index in [1.54, 1.807) is 25.3 Å². The Kier molecular flexibility index (Phi) is 6.68. The summed E-state index contributed by atoms with van der Waals surface area (Å²) in [6, 6.07) is 7.10. The summed E-state index contributed by atoms with van der Waals surface area (Å²) in [5.74, 6) is -0.0483. The number of halogens is 1. The first-order valence-electron chi connectivity index (χ1n) is 11.3. The summed E-state index contributed by atoms with van der Waals surface area (Å²) >= 11 is 6.52. The highest BCUT2D eigenvalue weighted by atomic mass is 35.5. The van der Waals surface area contributed by atoms with Gasteiger partial charge >= 0.3 is 0 Å². The maximum Gasteiger partial charge on any atom is 0.241 e. The molecule has 1 aliphatic carbocycles. The van der Waals surface area contributed by atoms with E-state index in [-0.39, 0.29) is 36.6 Å². The van der Waals surface area contributed by atoms with Crippen LogP contribution in [-0.4, -0.2) is 60.4 Å². The summed E-state index contributed by atoms with van der Waals surface area (Å²) in [5, 5.41) is 0.434. The van der Waals surface area contributed by atoms with Crippen LogP contribution in [0.25, 0.3) is 0 Å². The second kappa shape index (κ2) is 9.29. The van der Waals surface area contributed by atoms with Crippen LogP contribution >= 0.6 is 11.6 Å². The van der Waals surface area contributed by atoms with E-state index in [0.717, 1.165) is 38.5 Å². The first-order chi connectivity index (χ1) is 15.0. The van der Waals surface area contributed by atoms with Gasteiger partial charge in [0.1, 0.15) is 0 Å². The van der Waals surface area contributed by atoms with Crippen molar-refractivity contribution in [3.05, 3.63) is 34.9 Å². The molecule has 4 rings (SSSR count). The zero-order valence-electron chi connectivity index (χ0n) is 18.1. The zero-order valence-corrected chi connectivity index (χ0v) is 18.9. The number of benzene rings is 1. The normalized spacial score (nSPS) is 25.6. The predicted octanol–water partition coefficient (Wildman–Crippen LogP) is 3.55. The number of likely N-dealkylation sites (tertiary alicyclic amines) is 2. The number of rotatable bonds is 6. The minimum absolute atomic E-state index is 0.0119. The quantitative estimate of drug-likeness (QED) is 0.627. The van der Waals surface area contributed by atoms with Crippen LogP contribution < -0.4 is 0 Å². The smallest absolute Gasteiger partial charge is 0.241 e. The Labute approximate surface area is 188 Å². The van der Waals surface area contributed by atoms with Crippen LogP contribution in [0, 0.1) is 5.92 Å². The van der Waals surface area contributed by atoms with E-state index in [1.807, 2.05) is 11.0 Å². The molecule has 2 aliphatic heterocycles. The molecule has 0 bridgehead atoms. The number of piperidine rings is 1. The average molecular weight is 447 g/mol. The summed E-state index contributed by atoms with van der Waals surface area (Å²) in [4.78, 5) is 43.5. The molecule has 2 saturated heterocycles. The molecule has 3 amide bonds. The molecule has 6 nitrogen and oxygen atoms in total. The van der Waals surface area contributed by atoms with Gasteiger partial charge < -0.3 is 9.64 Å². The molecule has 7 heteroatoms. The number of carbonyl (C=O) groups is 3. The summed E-state index contributed by atoms with van der Waals surface area (Å²) in [6.45, 7) is 2.01. The molecule has 1 saturated carbocycles. The SMILES string of the molecule is COCC1CCN(C(=O)CC2(c3ccccc3Cl)CC(=O)N(C3CCCC3)C2=O)CC1. The number of methoxy groups -OCH3 is 1. The lowest BCUT2D eigenvalue weighted by Gasteiger charge is -2.35. The van der Waals surface area contributed by atoms with Crippen molar-refractivity contribution in [3.8, 4) is 0 Å². The van der Waals surface area contributed by atoms with Crippen LogP contribution in [0.5, 0.6) is 0 Å². The Hall–Kier alpha value is -1.92.